The van der Waals surface area contributed by atoms with Gasteiger partial charge in [0.05, 0.1) is 13.2 Å². The number of halogens is 2. The van der Waals surface area contributed by atoms with Gasteiger partial charge < -0.3 is 20.3 Å². The van der Waals surface area contributed by atoms with Crippen molar-refractivity contribution in [2.24, 2.45) is 4.99 Å². The van der Waals surface area contributed by atoms with Crippen LogP contribution in [0, 0.1) is 18.6 Å². The van der Waals surface area contributed by atoms with Gasteiger partial charge >= 0.3 is 0 Å². The maximum absolute atomic E-state index is 14.2. The molecule has 0 aromatic heterocycles. The fourth-order valence-corrected chi connectivity index (χ4v) is 2.96. The fourth-order valence-electron chi connectivity index (χ4n) is 2.96. The highest BCUT2D eigenvalue weighted by atomic mass is 19.1. The van der Waals surface area contributed by atoms with Crippen molar-refractivity contribution in [1.82, 2.24) is 15.5 Å². The predicted octanol–water partition coefficient (Wildman–Crippen LogP) is 3.25. The molecule has 2 N–H and O–H groups in total. The SMILES string of the molecule is CN=C(NCc1ccc(C)cc1OC)NCC(c1c(F)cccc1F)N(C)C. The summed E-state index contributed by atoms with van der Waals surface area (Å²) in [5.41, 5.74) is 2.14. The van der Waals surface area contributed by atoms with E-state index in [1.165, 1.54) is 18.2 Å². The van der Waals surface area contributed by atoms with Gasteiger partial charge in [-0.05, 0) is 44.8 Å². The number of benzene rings is 2. The Morgan fingerprint density at radius 2 is 1.82 bits per heavy atom. The lowest BCUT2D eigenvalue weighted by Crippen LogP contribution is -2.41. The largest absolute Gasteiger partial charge is 0.496 e. The highest BCUT2D eigenvalue weighted by molar-refractivity contribution is 5.79. The Bertz CT molecular complexity index is 804. The van der Waals surface area contributed by atoms with Crippen LogP contribution in [-0.4, -0.2) is 45.7 Å². The summed E-state index contributed by atoms with van der Waals surface area (Å²) in [6.07, 6.45) is 0. The van der Waals surface area contributed by atoms with E-state index in [0.717, 1.165) is 16.9 Å². The number of guanidine groups is 1. The molecule has 0 radical (unpaired) electrons. The van der Waals surface area contributed by atoms with Gasteiger partial charge in [-0.3, -0.25) is 4.99 Å². The highest BCUT2D eigenvalue weighted by Gasteiger charge is 2.22. The van der Waals surface area contributed by atoms with Crippen molar-refractivity contribution < 1.29 is 13.5 Å². The normalized spacial score (nSPS) is 12.8. The van der Waals surface area contributed by atoms with Crippen molar-refractivity contribution >= 4 is 5.96 Å². The third-order valence-corrected chi connectivity index (χ3v) is 4.53. The van der Waals surface area contributed by atoms with Crippen molar-refractivity contribution in [3.63, 3.8) is 0 Å². The van der Waals surface area contributed by atoms with E-state index in [4.69, 9.17) is 4.74 Å². The van der Waals surface area contributed by atoms with Crippen LogP contribution in [-0.2, 0) is 6.54 Å². The van der Waals surface area contributed by atoms with Crippen molar-refractivity contribution in [1.29, 1.82) is 0 Å². The first-order chi connectivity index (χ1) is 13.4. The Hall–Kier alpha value is -2.67. The number of methoxy groups -OCH3 is 1. The van der Waals surface area contributed by atoms with Crippen molar-refractivity contribution in [3.8, 4) is 5.75 Å². The minimum absolute atomic E-state index is 0.0376. The van der Waals surface area contributed by atoms with Crippen LogP contribution in [0.2, 0.25) is 0 Å². The average Bonchev–Trinajstić information content (AvgIpc) is 2.66. The van der Waals surface area contributed by atoms with Crippen molar-refractivity contribution in [3.05, 3.63) is 64.7 Å². The van der Waals surface area contributed by atoms with E-state index in [-0.39, 0.29) is 12.1 Å². The van der Waals surface area contributed by atoms with E-state index in [1.54, 1.807) is 33.2 Å². The molecular formula is C21H28F2N4O. The molecular weight excluding hydrogens is 362 g/mol. The molecule has 2 rings (SSSR count). The number of nitrogens with one attached hydrogen (secondary N) is 2. The molecule has 0 bridgehead atoms. The number of likely N-dealkylation sites (N-methyl/N-ethyl adjacent to an activating group) is 1. The Kier molecular flexibility index (Phi) is 7.75. The van der Waals surface area contributed by atoms with Crippen molar-refractivity contribution in [2.75, 3.05) is 34.8 Å². The maximum atomic E-state index is 14.2. The van der Waals surface area contributed by atoms with E-state index in [0.29, 0.717) is 12.5 Å². The van der Waals surface area contributed by atoms with E-state index in [2.05, 4.69) is 15.6 Å². The van der Waals surface area contributed by atoms with Gasteiger partial charge in [0, 0.05) is 31.3 Å². The van der Waals surface area contributed by atoms with Crippen LogP contribution in [0.15, 0.2) is 41.4 Å². The second-order valence-electron chi connectivity index (χ2n) is 6.74. The molecule has 0 aliphatic carbocycles. The third-order valence-electron chi connectivity index (χ3n) is 4.53. The van der Waals surface area contributed by atoms with E-state index >= 15 is 0 Å². The molecule has 0 heterocycles. The lowest BCUT2D eigenvalue weighted by molar-refractivity contribution is 0.282. The first-order valence-electron chi connectivity index (χ1n) is 9.05. The standard InChI is InChI=1S/C21H28F2N4O/c1-14-9-10-15(19(11-14)28-5)12-25-21(24-2)26-13-18(27(3)4)20-16(22)7-6-8-17(20)23/h6-11,18H,12-13H2,1-5H3,(H2,24,25,26). The zero-order chi connectivity index (χ0) is 20.7. The van der Waals surface area contributed by atoms with Crippen LogP contribution in [0.25, 0.3) is 0 Å². The number of hydrogen-bond acceptors (Lipinski definition) is 3. The van der Waals surface area contributed by atoms with E-state index in [9.17, 15) is 8.78 Å². The number of ether oxygens (including phenoxy) is 1. The average molecular weight is 390 g/mol. The summed E-state index contributed by atoms with van der Waals surface area (Å²) in [6.45, 7) is 2.79. The summed E-state index contributed by atoms with van der Waals surface area (Å²) in [5.74, 6) is 0.203. The number of aliphatic imine (C=N–C) groups is 1. The molecule has 1 atom stereocenters. The molecule has 0 spiro atoms. The molecule has 0 amide bonds. The monoisotopic (exact) mass is 390 g/mol. The van der Waals surface area contributed by atoms with Crippen LogP contribution >= 0.6 is 0 Å². The molecule has 0 fully saturated rings. The Morgan fingerprint density at radius 1 is 1.14 bits per heavy atom. The van der Waals surface area contributed by atoms with Gasteiger partial charge in [0.25, 0.3) is 0 Å². The molecule has 2 aromatic rings. The van der Waals surface area contributed by atoms with Crippen LogP contribution in [0.4, 0.5) is 8.78 Å². The molecule has 5 nitrogen and oxygen atoms in total. The summed E-state index contributed by atoms with van der Waals surface area (Å²) in [4.78, 5) is 5.96. The second-order valence-corrected chi connectivity index (χ2v) is 6.74. The molecule has 152 valence electrons. The molecule has 1 unspecified atom stereocenters. The number of nitrogens with zero attached hydrogens (tertiary/aromatic N) is 2. The fraction of sp³-hybridized carbons (Fsp3) is 0.381. The van der Waals surface area contributed by atoms with Gasteiger partial charge in [-0.25, -0.2) is 8.78 Å². The third kappa shape index (κ3) is 5.42. The molecule has 0 saturated carbocycles. The number of aryl methyl sites for hydroxylation is 1. The summed E-state index contributed by atoms with van der Waals surface area (Å²) in [6, 6.07) is 9.38. The second kappa shape index (κ2) is 10.0. The lowest BCUT2D eigenvalue weighted by Gasteiger charge is -2.26. The zero-order valence-electron chi connectivity index (χ0n) is 17.0. The van der Waals surface area contributed by atoms with E-state index < -0.39 is 17.7 Å². The number of hydrogen-bond donors (Lipinski definition) is 2. The smallest absolute Gasteiger partial charge is 0.191 e. The van der Waals surface area contributed by atoms with Crippen LogP contribution < -0.4 is 15.4 Å². The van der Waals surface area contributed by atoms with Gasteiger partial charge in [-0.1, -0.05) is 18.2 Å². The van der Waals surface area contributed by atoms with Gasteiger partial charge in [0.15, 0.2) is 5.96 Å². The summed E-state index contributed by atoms with van der Waals surface area (Å²) < 4.78 is 33.8. The molecule has 0 aliphatic rings. The zero-order valence-corrected chi connectivity index (χ0v) is 17.0. The Balaban J connectivity index is 2.06. The molecule has 28 heavy (non-hydrogen) atoms. The quantitative estimate of drug-likeness (QED) is 0.563. The summed E-state index contributed by atoms with van der Waals surface area (Å²) in [7, 11) is 6.85. The molecule has 2 aromatic carbocycles. The minimum Gasteiger partial charge on any atom is -0.496 e. The Labute approximate surface area is 165 Å². The summed E-state index contributed by atoms with van der Waals surface area (Å²) >= 11 is 0. The Morgan fingerprint density at radius 3 is 2.39 bits per heavy atom. The number of rotatable bonds is 7. The van der Waals surface area contributed by atoms with Gasteiger partial charge in [0.2, 0.25) is 0 Å². The van der Waals surface area contributed by atoms with Crippen LogP contribution in [0.5, 0.6) is 5.75 Å². The molecule has 0 saturated heterocycles. The summed E-state index contributed by atoms with van der Waals surface area (Å²) in [5, 5.41) is 6.35. The maximum Gasteiger partial charge on any atom is 0.191 e. The van der Waals surface area contributed by atoms with Gasteiger partial charge in [-0.2, -0.15) is 0 Å². The molecule has 0 aliphatic heterocycles. The minimum atomic E-state index is -0.562. The van der Waals surface area contributed by atoms with Crippen molar-refractivity contribution in [2.45, 2.75) is 19.5 Å². The lowest BCUT2D eigenvalue weighted by atomic mass is 10.0. The van der Waals surface area contributed by atoms with Crippen LogP contribution in [0.3, 0.4) is 0 Å². The topological polar surface area (TPSA) is 48.9 Å². The molecule has 7 heteroatoms. The first-order valence-corrected chi connectivity index (χ1v) is 9.05. The van der Waals surface area contributed by atoms with Gasteiger partial charge in [-0.15, -0.1) is 0 Å². The van der Waals surface area contributed by atoms with E-state index in [1.807, 2.05) is 25.1 Å². The highest BCUT2D eigenvalue weighted by Crippen LogP contribution is 2.24. The first kappa shape index (κ1) is 21.6. The van der Waals surface area contributed by atoms with Crippen LogP contribution in [0.1, 0.15) is 22.7 Å². The van der Waals surface area contributed by atoms with Gasteiger partial charge in [0.1, 0.15) is 17.4 Å². The predicted molar refractivity (Wildman–Crippen MR) is 109 cm³/mol.